The molecular formula is C43H67F3N6O8. The van der Waals surface area contributed by atoms with Crippen LogP contribution in [0.1, 0.15) is 106 Å². The van der Waals surface area contributed by atoms with Crippen molar-refractivity contribution in [3.63, 3.8) is 0 Å². The first kappa shape index (κ1) is 51.4. The Morgan fingerprint density at radius 3 is 1.68 bits per heavy atom. The summed E-state index contributed by atoms with van der Waals surface area (Å²) in [6.45, 7) is 13.5. The van der Waals surface area contributed by atoms with Crippen molar-refractivity contribution in [1.29, 1.82) is 0 Å². The molecular weight excluding hydrogens is 786 g/mol. The molecule has 1 aliphatic heterocycles. The Kier molecular flexibility index (Phi) is 20.0. The summed E-state index contributed by atoms with van der Waals surface area (Å²) >= 11 is 0. The number of esters is 1. The number of carbonyl (C=O) groups is 7. The Balaban J connectivity index is 2.84. The number of benzene rings is 1. The van der Waals surface area contributed by atoms with Gasteiger partial charge < -0.3 is 35.4 Å². The molecule has 8 atom stereocenters. The standard InChI is InChI=1S/C43H67F3N6O8/c1-12-13-17-27(6)22-32-39(56)50(9)28(7)42(59)60-29(8)36(53)49-33(24-43(44,45)46)41(58)51(10)34(21-26(4)5)37(54)47-31(20-25(2)3)40(57)52(11)35(38(55)48-32)23-30-18-15-14-16-19-30/h14-16,18-19,25-29,31-35H,12-13,17,20-24H2,1-11H3,(H,47,54)(H,48,55)(H,49,53)/t27?,28?,29-,31?,32?,33?,34?,35?/m1/s1. The molecule has 0 radical (unpaired) electrons. The molecule has 0 aromatic heterocycles. The molecule has 338 valence electrons. The first-order valence-corrected chi connectivity index (χ1v) is 20.9. The number of halogens is 3. The highest BCUT2D eigenvalue weighted by atomic mass is 19.4. The van der Waals surface area contributed by atoms with Gasteiger partial charge in [0.1, 0.15) is 36.3 Å². The molecule has 0 spiro atoms. The van der Waals surface area contributed by atoms with Crippen molar-refractivity contribution in [1.82, 2.24) is 30.7 Å². The number of rotatable bonds is 12. The summed E-state index contributed by atoms with van der Waals surface area (Å²) in [5, 5.41) is 7.66. The molecule has 0 saturated carbocycles. The molecule has 0 aliphatic carbocycles. The second-order valence-electron chi connectivity index (χ2n) is 17.1. The van der Waals surface area contributed by atoms with E-state index < -0.39 is 96.4 Å². The van der Waals surface area contributed by atoms with E-state index in [0.717, 1.165) is 43.0 Å². The van der Waals surface area contributed by atoms with E-state index in [-0.39, 0.29) is 43.4 Å². The first-order valence-electron chi connectivity index (χ1n) is 20.9. The molecule has 0 bridgehead atoms. The van der Waals surface area contributed by atoms with Gasteiger partial charge in [-0.05, 0) is 56.4 Å². The van der Waals surface area contributed by atoms with E-state index in [9.17, 15) is 46.7 Å². The third-order valence-corrected chi connectivity index (χ3v) is 10.8. The van der Waals surface area contributed by atoms with Gasteiger partial charge in [0.25, 0.3) is 5.91 Å². The fourth-order valence-electron chi connectivity index (χ4n) is 7.09. The molecule has 1 aromatic carbocycles. The maximum Gasteiger partial charge on any atom is 0.391 e. The molecule has 60 heavy (non-hydrogen) atoms. The highest BCUT2D eigenvalue weighted by Crippen LogP contribution is 2.25. The largest absolute Gasteiger partial charge is 0.451 e. The van der Waals surface area contributed by atoms with Crippen molar-refractivity contribution in [2.24, 2.45) is 17.8 Å². The number of amides is 6. The highest BCUT2D eigenvalue weighted by molar-refractivity contribution is 5.97. The van der Waals surface area contributed by atoms with Gasteiger partial charge in [-0.2, -0.15) is 13.2 Å². The maximum absolute atomic E-state index is 14.6. The van der Waals surface area contributed by atoms with E-state index in [2.05, 4.69) is 16.0 Å². The monoisotopic (exact) mass is 852 g/mol. The molecule has 1 heterocycles. The lowest BCUT2D eigenvalue weighted by atomic mass is 9.94. The van der Waals surface area contributed by atoms with Crippen LogP contribution in [0.3, 0.4) is 0 Å². The summed E-state index contributed by atoms with van der Waals surface area (Å²) in [6, 6.07) is 0.363. The van der Waals surface area contributed by atoms with Gasteiger partial charge in [0.05, 0.1) is 6.42 Å². The summed E-state index contributed by atoms with van der Waals surface area (Å²) in [4.78, 5) is 101. The summed E-state index contributed by atoms with van der Waals surface area (Å²) in [7, 11) is 3.88. The quantitative estimate of drug-likeness (QED) is 0.260. The number of hydrogen-bond donors (Lipinski definition) is 3. The number of ether oxygens (including phenoxy) is 1. The number of alkyl halides is 3. The van der Waals surface area contributed by atoms with Crippen LogP contribution in [0.5, 0.6) is 0 Å². The van der Waals surface area contributed by atoms with Crippen LogP contribution >= 0.6 is 0 Å². The molecule has 17 heteroatoms. The van der Waals surface area contributed by atoms with Crippen LogP contribution in [0.25, 0.3) is 0 Å². The Labute approximate surface area is 353 Å². The van der Waals surface area contributed by atoms with Crippen molar-refractivity contribution in [3.05, 3.63) is 35.9 Å². The number of cyclic esters (lactones) is 1. The smallest absolute Gasteiger partial charge is 0.391 e. The van der Waals surface area contributed by atoms with Gasteiger partial charge in [-0.1, -0.05) is 91.1 Å². The molecule has 7 unspecified atom stereocenters. The van der Waals surface area contributed by atoms with E-state index in [1.165, 1.54) is 25.9 Å². The van der Waals surface area contributed by atoms with Gasteiger partial charge in [-0.15, -0.1) is 0 Å². The Morgan fingerprint density at radius 2 is 1.15 bits per heavy atom. The van der Waals surface area contributed by atoms with E-state index in [1.807, 2.05) is 27.7 Å². The van der Waals surface area contributed by atoms with Gasteiger partial charge in [-0.25, -0.2) is 4.79 Å². The van der Waals surface area contributed by atoms with Crippen LogP contribution in [0, 0.1) is 17.8 Å². The van der Waals surface area contributed by atoms with E-state index in [0.29, 0.717) is 5.56 Å². The fraction of sp³-hybridized carbons (Fsp3) is 0.698. The molecule has 1 aliphatic rings. The molecule has 6 amide bonds. The van der Waals surface area contributed by atoms with Gasteiger partial charge in [0.2, 0.25) is 29.5 Å². The number of carbonyl (C=O) groups excluding carboxylic acids is 7. The zero-order chi connectivity index (χ0) is 45.6. The minimum Gasteiger partial charge on any atom is -0.451 e. The minimum absolute atomic E-state index is 0.0227. The summed E-state index contributed by atoms with van der Waals surface area (Å²) in [5.74, 6) is -6.84. The summed E-state index contributed by atoms with van der Waals surface area (Å²) in [6.07, 6.45) is -5.70. The number of nitrogens with one attached hydrogen (secondary N) is 3. The number of hydrogen-bond acceptors (Lipinski definition) is 8. The maximum atomic E-state index is 14.6. The van der Waals surface area contributed by atoms with E-state index in [1.54, 1.807) is 44.2 Å². The van der Waals surface area contributed by atoms with Crippen LogP contribution in [0.4, 0.5) is 13.2 Å². The molecule has 1 aromatic rings. The van der Waals surface area contributed by atoms with Gasteiger partial charge >= 0.3 is 12.1 Å². The van der Waals surface area contributed by atoms with Gasteiger partial charge in [0, 0.05) is 27.6 Å². The van der Waals surface area contributed by atoms with Crippen molar-refractivity contribution in [2.45, 2.75) is 155 Å². The van der Waals surface area contributed by atoms with Crippen molar-refractivity contribution in [3.8, 4) is 0 Å². The normalized spacial score (nSPS) is 25.8. The van der Waals surface area contributed by atoms with E-state index >= 15 is 0 Å². The van der Waals surface area contributed by atoms with Crippen LogP contribution in [-0.4, -0.2) is 126 Å². The number of nitrogens with zero attached hydrogens (tertiary/aromatic N) is 3. The molecule has 1 saturated heterocycles. The average Bonchev–Trinajstić information content (AvgIpc) is 3.17. The van der Waals surface area contributed by atoms with Gasteiger partial charge in [0.15, 0.2) is 6.10 Å². The van der Waals surface area contributed by atoms with Crippen LogP contribution < -0.4 is 16.0 Å². The van der Waals surface area contributed by atoms with Crippen molar-refractivity contribution >= 4 is 41.4 Å². The third kappa shape index (κ3) is 15.7. The summed E-state index contributed by atoms with van der Waals surface area (Å²) < 4.78 is 47.1. The third-order valence-electron chi connectivity index (χ3n) is 10.8. The first-order chi connectivity index (χ1) is 27.9. The predicted molar refractivity (Wildman–Crippen MR) is 220 cm³/mol. The fourth-order valence-corrected chi connectivity index (χ4v) is 7.09. The summed E-state index contributed by atoms with van der Waals surface area (Å²) in [5.41, 5.74) is 0.697. The Bertz CT molecular complexity index is 1630. The van der Waals surface area contributed by atoms with Crippen molar-refractivity contribution < 1.29 is 51.5 Å². The van der Waals surface area contributed by atoms with Crippen molar-refractivity contribution in [2.75, 3.05) is 21.1 Å². The highest BCUT2D eigenvalue weighted by Gasteiger charge is 2.43. The van der Waals surface area contributed by atoms with Crippen LogP contribution in [-0.2, 0) is 44.7 Å². The molecule has 14 nitrogen and oxygen atoms in total. The second-order valence-corrected chi connectivity index (χ2v) is 17.1. The molecule has 1 fully saturated rings. The minimum atomic E-state index is -4.94. The van der Waals surface area contributed by atoms with Gasteiger partial charge in [-0.3, -0.25) is 28.8 Å². The lowest BCUT2D eigenvalue weighted by Crippen LogP contribution is -2.60. The average molecular weight is 853 g/mol. The topological polar surface area (TPSA) is 175 Å². The van der Waals surface area contributed by atoms with Crippen LogP contribution in [0.15, 0.2) is 30.3 Å². The SMILES string of the molecule is CCCCC(C)CC1NC(=O)C(Cc2ccccc2)N(C)C(=O)C(CC(C)C)NC(=O)C(CC(C)C)N(C)C(=O)C(CC(F)(F)F)NC(=O)[C@@H](C)OC(=O)C(C)N(C)C1=O. The van der Waals surface area contributed by atoms with Crippen LogP contribution in [0.2, 0.25) is 0 Å². The number of unbranched alkanes of at least 4 members (excludes halogenated alkanes) is 1. The number of likely N-dealkylation sites (N-methyl/N-ethyl adjacent to an activating group) is 3. The predicted octanol–water partition coefficient (Wildman–Crippen LogP) is 4.39. The Hall–Kier alpha value is -4.70. The zero-order valence-electron chi connectivity index (χ0n) is 37.1. The lowest BCUT2D eigenvalue weighted by molar-refractivity contribution is -0.165. The zero-order valence-corrected chi connectivity index (χ0v) is 37.1. The molecule has 3 N–H and O–H groups in total. The van der Waals surface area contributed by atoms with E-state index in [4.69, 9.17) is 4.74 Å². The second kappa shape index (κ2) is 23.3. The molecule has 2 rings (SSSR count). The lowest BCUT2D eigenvalue weighted by Gasteiger charge is -2.35. The Morgan fingerprint density at radius 1 is 0.667 bits per heavy atom.